The average molecular weight is 374 g/mol. The molecule has 3 rings (SSSR count). The topological polar surface area (TPSA) is 65.4 Å². The number of rotatable bonds is 7. The predicted molar refractivity (Wildman–Crippen MR) is 104 cm³/mol. The third kappa shape index (κ3) is 5.23. The number of pyridine rings is 1. The molecule has 1 N–H and O–H groups in total. The van der Waals surface area contributed by atoms with E-state index in [1.807, 2.05) is 31.6 Å². The summed E-state index contributed by atoms with van der Waals surface area (Å²) in [5.74, 6) is 0. The summed E-state index contributed by atoms with van der Waals surface area (Å²) >= 11 is 1.56. The highest BCUT2D eigenvalue weighted by molar-refractivity contribution is 7.98. The van der Waals surface area contributed by atoms with Crippen molar-refractivity contribution in [1.82, 2.24) is 24.8 Å². The SMILES string of the molecule is CSc1ncc(CN2CCN(Cc3cccc(C)n3)[C@@H](CCO)C2)cn1. The number of piperazine rings is 1. The van der Waals surface area contributed by atoms with Crippen LogP contribution in [0.3, 0.4) is 0 Å². The Morgan fingerprint density at radius 1 is 1.19 bits per heavy atom. The van der Waals surface area contributed by atoms with Crippen molar-refractivity contribution in [2.75, 3.05) is 32.5 Å². The molecule has 0 unspecified atom stereocenters. The molecular formula is C19H27N5OS. The van der Waals surface area contributed by atoms with Gasteiger partial charge in [0.25, 0.3) is 0 Å². The summed E-state index contributed by atoms with van der Waals surface area (Å²) in [5.41, 5.74) is 3.29. The molecule has 0 bridgehead atoms. The molecule has 6 nitrogen and oxygen atoms in total. The van der Waals surface area contributed by atoms with Crippen LogP contribution in [0.15, 0.2) is 35.7 Å². The lowest BCUT2D eigenvalue weighted by Crippen LogP contribution is -2.52. The van der Waals surface area contributed by atoms with E-state index in [-0.39, 0.29) is 6.61 Å². The van der Waals surface area contributed by atoms with E-state index in [2.05, 4.69) is 36.9 Å². The first-order valence-corrected chi connectivity index (χ1v) is 10.2. The zero-order valence-corrected chi connectivity index (χ0v) is 16.3. The third-order valence-electron chi connectivity index (χ3n) is 4.73. The number of aromatic nitrogens is 3. The Bertz CT molecular complexity index is 697. The zero-order valence-electron chi connectivity index (χ0n) is 15.5. The highest BCUT2D eigenvalue weighted by atomic mass is 32.2. The molecule has 26 heavy (non-hydrogen) atoms. The maximum Gasteiger partial charge on any atom is 0.187 e. The second kappa shape index (κ2) is 9.41. The summed E-state index contributed by atoms with van der Waals surface area (Å²) in [6.07, 6.45) is 6.60. The van der Waals surface area contributed by atoms with Crippen molar-refractivity contribution in [3.8, 4) is 0 Å². The fourth-order valence-electron chi connectivity index (χ4n) is 3.42. The quantitative estimate of drug-likeness (QED) is 0.588. The van der Waals surface area contributed by atoms with Gasteiger partial charge in [-0.2, -0.15) is 0 Å². The number of aliphatic hydroxyl groups is 1. The Balaban J connectivity index is 1.61. The molecule has 0 spiro atoms. The van der Waals surface area contributed by atoms with Crippen LogP contribution in [0.4, 0.5) is 0 Å². The Kier molecular flexibility index (Phi) is 6.96. The van der Waals surface area contributed by atoms with Gasteiger partial charge in [0, 0.05) is 69.0 Å². The molecule has 3 heterocycles. The van der Waals surface area contributed by atoms with E-state index in [0.29, 0.717) is 6.04 Å². The van der Waals surface area contributed by atoms with Gasteiger partial charge in [-0.05, 0) is 31.7 Å². The van der Waals surface area contributed by atoms with Crippen molar-refractivity contribution in [1.29, 1.82) is 0 Å². The van der Waals surface area contributed by atoms with Crippen LogP contribution in [-0.2, 0) is 13.1 Å². The Morgan fingerprint density at radius 3 is 2.69 bits per heavy atom. The molecule has 0 radical (unpaired) electrons. The first-order valence-electron chi connectivity index (χ1n) is 9.02. The first kappa shape index (κ1) is 19.2. The summed E-state index contributed by atoms with van der Waals surface area (Å²) < 4.78 is 0. The molecule has 1 fully saturated rings. The number of aryl methyl sites for hydroxylation is 1. The Labute approximate surface area is 159 Å². The van der Waals surface area contributed by atoms with Crippen molar-refractivity contribution < 1.29 is 5.11 Å². The van der Waals surface area contributed by atoms with Crippen LogP contribution < -0.4 is 0 Å². The van der Waals surface area contributed by atoms with E-state index >= 15 is 0 Å². The molecule has 0 aliphatic carbocycles. The smallest absolute Gasteiger partial charge is 0.187 e. The predicted octanol–water partition coefficient (Wildman–Crippen LogP) is 1.97. The number of nitrogens with zero attached hydrogens (tertiary/aromatic N) is 5. The number of aliphatic hydroxyl groups excluding tert-OH is 1. The van der Waals surface area contributed by atoms with Gasteiger partial charge in [0.15, 0.2) is 5.16 Å². The molecule has 0 saturated carbocycles. The van der Waals surface area contributed by atoms with Crippen LogP contribution in [0.5, 0.6) is 0 Å². The maximum absolute atomic E-state index is 9.50. The van der Waals surface area contributed by atoms with Crippen LogP contribution in [0.25, 0.3) is 0 Å². The Morgan fingerprint density at radius 2 is 2.00 bits per heavy atom. The van der Waals surface area contributed by atoms with Crippen molar-refractivity contribution >= 4 is 11.8 Å². The highest BCUT2D eigenvalue weighted by Crippen LogP contribution is 2.18. The Hall–Kier alpha value is -1.54. The summed E-state index contributed by atoms with van der Waals surface area (Å²) in [6.45, 7) is 6.84. The molecule has 0 aromatic carbocycles. The minimum Gasteiger partial charge on any atom is -0.396 e. The molecule has 2 aromatic rings. The summed E-state index contributed by atoms with van der Waals surface area (Å²) in [5, 5.41) is 10.3. The molecule has 140 valence electrons. The standard InChI is InChI=1S/C19H27N5OS/c1-15-4-3-5-17(22-15)13-24-8-7-23(14-18(24)6-9-25)12-16-10-20-19(26-2)21-11-16/h3-5,10-11,18,25H,6-9,12-14H2,1-2H3/t18-/m0/s1. The van der Waals surface area contributed by atoms with Crippen molar-refractivity contribution in [2.24, 2.45) is 0 Å². The van der Waals surface area contributed by atoms with E-state index in [9.17, 15) is 5.11 Å². The molecule has 1 atom stereocenters. The lowest BCUT2D eigenvalue weighted by atomic mass is 10.1. The minimum atomic E-state index is 0.210. The lowest BCUT2D eigenvalue weighted by molar-refractivity contribution is 0.0490. The second-order valence-electron chi connectivity index (χ2n) is 6.72. The molecule has 2 aromatic heterocycles. The van der Waals surface area contributed by atoms with E-state index in [1.54, 1.807) is 11.8 Å². The summed E-state index contributed by atoms with van der Waals surface area (Å²) in [4.78, 5) is 18.2. The van der Waals surface area contributed by atoms with Crippen molar-refractivity contribution in [3.63, 3.8) is 0 Å². The van der Waals surface area contributed by atoms with Crippen LogP contribution in [0, 0.1) is 6.92 Å². The number of hydrogen-bond acceptors (Lipinski definition) is 7. The van der Waals surface area contributed by atoms with Crippen molar-refractivity contribution in [2.45, 2.75) is 37.6 Å². The lowest BCUT2D eigenvalue weighted by Gasteiger charge is -2.41. The highest BCUT2D eigenvalue weighted by Gasteiger charge is 2.27. The van der Waals surface area contributed by atoms with Gasteiger partial charge in [-0.15, -0.1) is 0 Å². The van der Waals surface area contributed by atoms with Gasteiger partial charge in [-0.3, -0.25) is 14.8 Å². The fourth-order valence-corrected chi connectivity index (χ4v) is 3.73. The van der Waals surface area contributed by atoms with Gasteiger partial charge in [0.1, 0.15) is 0 Å². The van der Waals surface area contributed by atoms with Gasteiger partial charge in [-0.1, -0.05) is 17.8 Å². The summed E-state index contributed by atoms with van der Waals surface area (Å²) in [7, 11) is 0. The van der Waals surface area contributed by atoms with E-state index in [1.165, 1.54) is 0 Å². The van der Waals surface area contributed by atoms with Crippen LogP contribution >= 0.6 is 11.8 Å². The molecule has 0 amide bonds. The van der Waals surface area contributed by atoms with Gasteiger partial charge in [-0.25, -0.2) is 9.97 Å². The normalized spacial score (nSPS) is 19.0. The summed E-state index contributed by atoms with van der Waals surface area (Å²) in [6, 6.07) is 6.51. The van der Waals surface area contributed by atoms with Crippen LogP contribution in [-0.4, -0.2) is 68.4 Å². The number of hydrogen-bond donors (Lipinski definition) is 1. The van der Waals surface area contributed by atoms with E-state index < -0.39 is 0 Å². The fraction of sp³-hybridized carbons (Fsp3) is 0.526. The average Bonchev–Trinajstić information content (AvgIpc) is 2.65. The largest absolute Gasteiger partial charge is 0.396 e. The molecule has 7 heteroatoms. The van der Waals surface area contributed by atoms with Crippen LogP contribution in [0.1, 0.15) is 23.4 Å². The molecule has 1 aliphatic heterocycles. The van der Waals surface area contributed by atoms with Gasteiger partial charge < -0.3 is 5.11 Å². The third-order valence-corrected chi connectivity index (χ3v) is 5.31. The zero-order chi connectivity index (χ0) is 18.4. The molecule has 1 aliphatic rings. The van der Waals surface area contributed by atoms with Gasteiger partial charge in [0.2, 0.25) is 0 Å². The first-order chi connectivity index (χ1) is 12.7. The van der Waals surface area contributed by atoms with E-state index in [0.717, 1.165) is 61.3 Å². The van der Waals surface area contributed by atoms with Gasteiger partial charge in [0.05, 0.1) is 5.69 Å². The van der Waals surface area contributed by atoms with E-state index in [4.69, 9.17) is 0 Å². The molecular weight excluding hydrogens is 346 g/mol. The maximum atomic E-state index is 9.50. The van der Waals surface area contributed by atoms with Crippen molar-refractivity contribution in [3.05, 3.63) is 47.5 Å². The second-order valence-corrected chi connectivity index (χ2v) is 7.49. The monoisotopic (exact) mass is 373 g/mol. The van der Waals surface area contributed by atoms with Gasteiger partial charge >= 0.3 is 0 Å². The minimum absolute atomic E-state index is 0.210. The van der Waals surface area contributed by atoms with Crippen LogP contribution in [0.2, 0.25) is 0 Å². The molecule has 1 saturated heterocycles. The number of thioether (sulfide) groups is 1.